The Morgan fingerprint density at radius 1 is 1.45 bits per heavy atom. The lowest BCUT2D eigenvalue weighted by molar-refractivity contribution is -0.138. The molecular weight excluding hydrogens is 140 g/mol. The van der Waals surface area contributed by atoms with Gasteiger partial charge in [-0.1, -0.05) is 19.4 Å². The maximum atomic E-state index is 11.1. The fourth-order valence-electron chi connectivity index (χ4n) is 0.857. The van der Waals surface area contributed by atoms with Crippen LogP contribution in [0.25, 0.3) is 0 Å². The molecule has 64 valence electrons. The van der Waals surface area contributed by atoms with E-state index in [9.17, 15) is 4.79 Å². The van der Waals surface area contributed by atoms with E-state index in [2.05, 4.69) is 0 Å². The molecule has 0 radical (unpaired) electrons. The Morgan fingerprint density at radius 2 is 2.09 bits per heavy atom. The zero-order valence-corrected chi connectivity index (χ0v) is 7.52. The second kappa shape index (κ2) is 5.96. The minimum atomic E-state index is -0.170. The molecule has 2 nitrogen and oxygen atoms in total. The summed E-state index contributed by atoms with van der Waals surface area (Å²) in [6, 6.07) is 0. The van der Waals surface area contributed by atoms with E-state index in [1.54, 1.807) is 0 Å². The third-order valence-corrected chi connectivity index (χ3v) is 1.41. The average molecular weight is 156 g/mol. The first-order valence-corrected chi connectivity index (χ1v) is 4.08. The Labute approximate surface area is 68.2 Å². The van der Waals surface area contributed by atoms with Crippen LogP contribution < -0.4 is 0 Å². The molecule has 0 atom stereocenters. The van der Waals surface area contributed by atoms with Crippen LogP contribution in [0.3, 0.4) is 0 Å². The molecule has 0 N–H and O–H groups in total. The van der Waals surface area contributed by atoms with Crippen molar-refractivity contribution in [2.45, 2.75) is 33.6 Å². The van der Waals surface area contributed by atoms with E-state index < -0.39 is 0 Å². The molecule has 0 aliphatic rings. The van der Waals surface area contributed by atoms with Gasteiger partial charge >= 0.3 is 5.97 Å². The molecule has 0 aliphatic heterocycles. The summed E-state index contributed by atoms with van der Waals surface area (Å²) in [6.45, 7) is 6.18. The summed E-state index contributed by atoms with van der Waals surface area (Å²) < 4.78 is 4.84. The van der Waals surface area contributed by atoms with Gasteiger partial charge in [0.15, 0.2) is 0 Å². The van der Waals surface area contributed by atoms with Gasteiger partial charge in [0.1, 0.15) is 0 Å². The van der Waals surface area contributed by atoms with Crippen LogP contribution in [-0.4, -0.2) is 12.6 Å². The van der Waals surface area contributed by atoms with Gasteiger partial charge in [-0.25, -0.2) is 4.79 Å². The number of carbonyl (C=O) groups is 1. The summed E-state index contributed by atoms with van der Waals surface area (Å²) in [5, 5.41) is 0. The molecule has 0 heterocycles. The Balaban J connectivity index is 3.94. The molecule has 0 bridgehead atoms. The average Bonchev–Trinajstić information content (AvgIpc) is 2.00. The fourth-order valence-corrected chi connectivity index (χ4v) is 0.857. The molecule has 0 spiro atoms. The van der Waals surface area contributed by atoms with E-state index in [1.165, 1.54) is 0 Å². The van der Waals surface area contributed by atoms with Crippen LogP contribution in [0.4, 0.5) is 0 Å². The van der Waals surface area contributed by atoms with E-state index in [0.717, 1.165) is 18.4 Å². The molecule has 0 fully saturated rings. The smallest absolute Gasteiger partial charge is 0.333 e. The third-order valence-electron chi connectivity index (χ3n) is 1.41. The number of esters is 1. The van der Waals surface area contributed by atoms with Gasteiger partial charge in [-0.15, -0.1) is 0 Å². The Bertz CT molecular complexity index is 148. The number of allylic oxidation sites excluding steroid dienone is 1. The second-order valence-electron chi connectivity index (χ2n) is 2.28. The quantitative estimate of drug-likeness (QED) is 0.461. The highest BCUT2D eigenvalue weighted by molar-refractivity contribution is 5.88. The number of rotatable bonds is 4. The molecule has 0 aromatic rings. The van der Waals surface area contributed by atoms with Gasteiger partial charge in [0.25, 0.3) is 0 Å². The van der Waals surface area contributed by atoms with Crippen LogP contribution in [0.2, 0.25) is 0 Å². The topological polar surface area (TPSA) is 26.3 Å². The molecule has 0 rings (SSSR count). The van der Waals surface area contributed by atoms with E-state index in [0.29, 0.717) is 6.61 Å². The number of hydrogen-bond donors (Lipinski definition) is 0. The lowest BCUT2D eigenvalue weighted by Gasteiger charge is -2.03. The van der Waals surface area contributed by atoms with Crippen molar-refractivity contribution >= 4 is 5.97 Å². The van der Waals surface area contributed by atoms with E-state index in [1.807, 2.05) is 26.8 Å². The molecule has 0 amide bonds. The van der Waals surface area contributed by atoms with Gasteiger partial charge in [-0.3, -0.25) is 0 Å². The summed E-state index contributed by atoms with van der Waals surface area (Å²) in [5.41, 5.74) is 0.786. The molecule has 2 heteroatoms. The van der Waals surface area contributed by atoms with Crippen molar-refractivity contribution in [1.82, 2.24) is 0 Å². The maximum absolute atomic E-state index is 11.1. The summed E-state index contributed by atoms with van der Waals surface area (Å²) in [4.78, 5) is 11.1. The van der Waals surface area contributed by atoms with Crippen LogP contribution in [0, 0.1) is 0 Å². The highest BCUT2D eigenvalue weighted by atomic mass is 16.5. The number of hydrogen-bond acceptors (Lipinski definition) is 2. The van der Waals surface area contributed by atoms with Gasteiger partial charge < -0.3 is 4.74 Å². The van der Waals surface area contributed by atoms with Gasteiger partial charge in [-0.05, 0) is 20.3 Å². The standard InChI is InChI=1S/C9H16O2/c1-4-7-8(5-2)9(10)11-6-3/h5H,4,6-7H2,1-3H3. The second-order valence-corrected chi connectivity index (χ2v) is 2.28. The number of carbonyl (C=O) groups excluding carboxylic acids is 1. The minimum absolute atomic E-state index is 0.170. The van der Waals surface area contributed by atoms with Crippen molar-refractivity contribution in [1.29, 1.82) is 0 Å². The lowest BCUT2D eigenvalue weighted by atomic mass is 10.1. The summed E-state index contributed by atoms with van der Waals surface area (Å²) in [6.07, 6.45) is 3.62. The van der Waals surface area contributed by atoms with Crippen molar-refractivity contribution in [2.75, 3.05) is 6.61 Å². The van der Waals surface area contributed by atoms with Gasteiger partial charge in [0, 0.05) is 5.57 Å². The third kappa shape index (κ3) is 3.81. The highest BCUT2D eigenvalue weighted by Gasteiger charge is 2.06. The van der Waals surface area contributed by atoms with Crippen molar-refractivity contribution in [3.05, 3.63) is 11.6 Å². The SMILES string of the molecule is CC=C(CCC)C(=O)OCC. The van der Waals surface area contributed by atoms with Crippen LogP contribution in [0.15, 0.2) is 11.6 Å². The summed E-state index contributed by atoms with van der Waals surface area (Å²) >= 11 is 0. The molecule has 0 saturated carbocycles. The summed E-state index contributed by atoms with van der Waals surface area (Å²) in [5.74, 6) is -0.170. The van der Waals surface area contributed by atoms with Crippen LogP contribution >= 0.6 is 0 Å². The van der Waals surface area contributed by atoms with E-state index >= 15 is 0 Å². The van der Waals surface area contributed by atoms with Gasteiger partial charge in [-0.2, -0.15) is 0 Å². The first-order chi connectivity index (χ1) is 5.26. The molecular formula is C9H16O2. The Hall–Kier alpha value is -0.790. The fraction of sp³-hybridized carbons (Fsp3) is 0.667. The van der Waals surface area contributed by atoms with Crippen LogP contribution in [0.5, 0.6) is 0 Å². The Morgan fingerprint density at radius 3 is 2.45 bits per heavy atom. The van der Waals surface area contributed by atoms with E-state index in [-0.39, 0.29) is 5.97 Å². The first-order valence-electron chi connectivity index (χ1n) is 4.08. The molecule has 0 saturated heterocycles. The van der Waals surface area contributed by atoms with Crippen molar-refractivity contribution in [3.63, 3.8) is 0 Å². The molecule has 0 aromatic carbocycles. The van der Waals surface area contributed by atoms with Crippen LogP contribution in [0.1, 0.15) is 33.6 Å². The summed E-state index contributed by atoms with van der Waals surface area (Å²) in [7, 11) is 0. The van der Waals surface area contributed by atoms with E-state index in [4.69, 9.17) is 4.74 Å². The Kier molecular flexibility index (Phi) is 5.53. The van der Waals surface area contributed by atoms with Crippen LogP contribution in [-0.2, 0) is 9.53 Å². The van der Waals surface area contributed by atoms with Crippen molar-refractivity contribution in [2.24, 2.45) is 0 Å². The zero-order chi connectivity index (χ0) is 8.69. The maximum Gasteiger partial charge on any atom is 0.333 e. The molecule has 0 aliphatic carbocycles. The largest absolute Gasteiger partial charge is 0.463 e. The number of ether oxygens (including phenoxy) is 1. The molecule has 0 unspecified atom stereocenters. The highest BCUT2D eigenvalue weighted by Crippen LogP contribution is 2.06. The molecule has 0 aromatic heterocycles. The zero-order valence-electron chi connectivity index (χ0n) is 7.52. The van der Waals surface area contributed by atoms with Gasteiger partial charge in [0.2, 0.25) is 0 Å². The molecule has 11 heavy (non-hydrogen) atoms. The van der Waals surface area contributed by atoms with Crippen molar-refractivity contribution < 1.29 is 9.53 Å². The predicted molar refractivity (Wildman–Crippen MR) is 45.3 cm³/mol. The lowest BCUT2D eigenvalue weighted by Crippen LogP contribution is -2.07. The monoisotopic (exact) mass is 156 g/mol. The van der Waals surface area contributed by atoms with Crippen molar-refractivity contribution in [3.8, 4) is 0 Å². The minimum Gasteiger partial charge on any atom is -0.463 e. The predicted octanol–water partition coefficient (Wildman–Crippen LogP) is 2.30. The van der Waals surface area contributed by atoms with Gasteiger partial charge in [0.05, 0.1) is 6.61 Å². The normalized spacial score (nSPS) is 11.4. The first kappa shape index (κ1) is 10.2.